The third-order valence-electron chi connectivity index (χ3n) is 2.64. The van der Waals surface area contributed by atoms with Gasteiger partial charge in [-0.2, -0.15) is 0 Å². The van der Waals surface area contributed by atoms with Crippen molar-refractivity contribution in [1.29, 1.82) is 0 Å². The highest BCUT2D eigenvalue weighted by molar-refractivity contribution is 9.10. The Kier molecular flexibility index (Phi) is 4.88. The second-order valence-corrected chi connectivity index (χ2v) is 5.81. The summed E-state index contributed by atoms with van der Waals surface area (Å²) < 4.78 is 0.650. The molecule has 0 saturated carbocycles. The van der Waals surface area contributed by atoms with Crippen molar-refractivity contribution in [1.82, 2.24) is 0 Å². The lowest BCUT2D eigenvalue weighted by Gasteiger charge is -2.09. The van der Waals surface area contributed by atoms with Gasteiger partial charge in [-0.05, 0) is 36.4 Å². The van der Waals surface area contributed by atoms with Crippen molar-refractivity contribution in [3.05, 3.63) is 62.0 Å². The summed E-state index contributed by atoms with van der Waals surface area (Å²) in [6.07, 6.45) is 0. The molecule has 0 aromatic heterocycles. The second-order valence-electron chi connectivity index (χ2n) is 4.08. The zero-order valence-corrected chi connectivity index (χ0v) is 13.5. The molecule has 21 heavy (non-hydrogen) atoms. The predicted octanol–water partition coefficient (Wildman–Crippen LogP) is 4.71. The van der Waals surface area contributed by atoms with Crippen LogP contribution in [-0.4, -0.2) is 17.0 Å². The van der Waals surface area contributed by atoms with Crippen LogP contribution in [-0.2, 0) is 0 Å². The number of rotatable bonds is 3. The van der Waals surface area contributed by atoms with E-state index < -0.39 is 11.9 Å². The molecular weight excluding hydrogens is 381 g/mol. The molecule has 0 heterocycles. The summed E-state index contributed by atoms with van der Waals surface area (Å²) in [5, 5.41) is 12.2. The maximum Gasteiger partial charge on any atom is 0.337 e. The second kappa shape index (κ2) is 6.47. The van der Waals surface area contributed by atoms with Crippen molar-refractivity contribution in [2.24, 2.45) is 0 Å². The number of aromatic carboxylic acids is 1. The van der Waals surface area contributed by atoms with Crippen LogP contribution in [0, 0.1) is 0 Å². The number of carboxylic acids is 1. The summed E-state index contributed by atoms with van der Waals surface area (Å²) >= 11 is 14.9. The maximum atomic E-state index is 12.1. The highest BCUT2D eigenvalue weighted by Gasteiger charge is 2.14. The molecular formula is C14H8BrCl2NO3. The van der Waals surface area contributed by atoms with Crippen molar-refractivity contribution in [2.75, 3.05) is 5.32 Å². The molecule has 4 nitrogen and oxygen atoms in total. The van der Waals surface area contributed by atoms with Gasteiger partial charge in [-0.25, -0.2) is 4.79 Å². The van der Waals surface area contributed by atoms with Crippen LogP contribution >= 0.6 is 39.1 Å². The number of carbonyl (C=O) groups excluding carboxylic acids is 1. The molecule has 2 N–H and O–H groups in total. The fourth-order valence-electron chi connectivity index (χ4n) is 1.64. The first-order chi connectivity index (χ1) is 9.88. The number of benzene rings is 2. The molecule has 0 radical (unpaired) electrons. The van der Waals surface area contributed by atoms with Crippen LogP contribution in [0.5, 0.6) is 0 Å². The normalized spacial score (nSPS) is 10.2. The SMILES string of the molecule is O=C(Nc1cc(Br)ccc1C(=O)O)c1ccc(Cl)c(Cl)c1. The molecule has 108 valence electrons. The highest BCUT2D eigenvalue weighted by Crippen LogP contribution is 2.25. The van der Waals surface area contributed by atoms with Crippen LogP contribution in [0.3, 0.4) is 0 Å². The molecule has 0 bridgehead atoms. The molecule has 0 saturated heterocycles. The molecule has 7 heteroatoms. The molecule has 0 aliphatic rings. The molecule has 2 aromatic carbocycles. The number of carboxylic acid groups (broad SMARTS) is 1. The quantitative estimate of drug-likeness (QED) is 0.800. The third kappa shape index (κ3) is 3.75. The van der Waals surface area contributed by atoms with E-state index in [-0.39, 0.29) is 21.8 Å². The number of carbonyl (C=O) groups is 2. The lowest BCUT2D eigenvalue weighted by atomic mass is 10.1. The van der Waals surface area contributed by atoms with Gasteiger partial charge < -0.3 is 10.4 Å². The zero-order chi connectivity index (χ0) is 15.6. The van der Waals surface area contributed by atoms with Crippen LogP contribution in [0.25, 0.3) is 0 Å². The van der Waals surface area contributed by atoms with Gasteiger partial charge in [0, 0.05) is 10.0 Å². The van der Waals surface area contributed by atoms with Gasteiger partial charge in [-0.1, -0.05) is 39.1 Å². The number of hydrogen-bond acceptors (Lipinski definition) is 2. The number of halogens is 3. The van der Waals surface area contributed by atoms with E-state index in [1.54, 1.807) is 6.07 Å². The number of hydrogen-bond donors (Lipinski definition) is 2. The summed E-state index contributed by atoms with van der Waals surface area (Å²) in [5.41, 5.74) is 0.459. The van der Waals surface area contributed by atoms with E-state index in [1.807, 2.05) is 0 Å². The molecule has 0 spiro atoms. The summed E-state index contributed by atoms with van der Waals surface area (Å²) in [6, 6.07) is 8.91. The van der Waals surface area contributed by atoms with Crippen molar-refractivity contribution < 1.29 is 14.7 Å². The van der Waals surface area contributed by atoms with E-state index in [1.165, 1.54) is 30.3 Å². The van der Waals surface area contributed by atoms with Gasteiger partial charge in [0.2, 0.25) is 0 Å². The van der Waals surface area contributed by atoms with E-state index in [2.05, 4.69) is 21.2 Å². The van der Waals surface area contributed by atoms with E-state index in [9.17, 15) is 9.59 Å². The van der Waals surface area contributed by atoms with E-state index >= 15 is 0 Å². The van der Waals surface area contributed by atoms with Gasteiger partial charge in [-0.15, -0.1) is 0 Å². The Bertz CT molecular complexity index is 734. The lowest BCUT2D eigenvalue weighted by molar-refractivity contribution is 0.0698. The topological polar surface area (TPSA) is 66.4 Å². The molecule has 1 amide bonds. The van der Waals surface area contributed by atoms with Gasteiger partial charge in [0.05, 0.1) is 21.3 Å². The van der Waals surface area contributed by atoms with Gasteiger partial charge >= 0.3 is 5.97 Å². The Morgan fingerprint density at radius 1 is 1.05 bits per heavy atom. The summed E-state index contributed by atoms with van der Waals surface area (Å²) in [6.45, 7) is 0. The van der Waals surface area contributed by atoms with Crippen molar-refractivity contribution >= 4 is 56.7 Å². The van der Waals surface area contributed by atoms with E-state index in [4.69, 9.17) is 28.3 Å². The highest BCUT2D eigenvalue weighted by atomic mass is 79.9. The fourth-order valence-corrected chi connectivity index (χ4v) is 2.30. The van der Waals surface area contributed by atoms with Gasteiger partial charge in [0.25, 0.3) is 5.91 Å². The molecule has 0 atom stereocenters. The minimum atomic E-state index is -1.13. The summed E-state index contributed by atoms with van der Waals surface area (Å²) in [5.74, 6) is -1.61. The van der Waals surface area contributed by atoms with Crippen LogP contribution in [0.15, 0.2) is 40.9 Å². The third-order valence-corrected chi connectivity index (χ3v) is 3.87. The van der Waals surface area contributed by atoms with Crippen LogP contribution < -0.4 is 5.32 Å². The first-order valence-corrected chi connectivity index (χ1v) is 7.22. The Labute approximate surface area is 138 Å². The summed E-state index contributed by atoms with van der Waals surface area (Å²) in [7, 11) is 0. The van der Waals surface area contributed by atoms with Crippen molar-refractivity contribution in [2.45, 2.75) is 0 Å². The molecule has 0 aliphatic carbocycles. The Balaban J connectivity index is 2.33. The lowest BCUT2D eigenvalue weighted by Crippen LogP contribution is -2.14. The summed E-state index contributed by atoms with van der Waals surface area (Å²) in [4.78, 5) is 23.3. The zero-order valence-electron chi connectivity index (χ0n) is 10.4. The maximum absolute atomic E-state index is 12.1. The number of amides is 1. The first-order valence-electron chi connectivity index (χ1n) is 5.67. The fraction of sp³-hybridized carbons (Fsp3) is 0. The minimum Gasteiger partial charge on any atom is -0.478 e. The van der Waals surface area contributed by atoms with Crippen LogP contribution in [0.2, 0.25) is 10.0 Å². The van der Waals surface area contributed by atoms with Crippen LogP contribution in [0.1, 0.15) is 20.7 Å². The number of anilines is 1. The molecule has 0 unspecified atom stereocenters. The van der Waals surface area contributed by atoms with Gasteiger partial charge in [-0.3, -0.25) is 4.79 Å². The monoisotopic (exact) mass is 387 g/mol. The molecule has 0 aliphatic heterocycles. The van der Waals surface area contributed by atoms with Gasteiger partial charge in [0.1, 0.15) is 0 Å². The predicted molar refractivity (Wildman–Crippen MR) is 85.5 cm³/mol. The molecule has 0 fully saturated rings. The average molecular weight is 389 g/mol. The Morgan fingerprint density at radius 3 is 2.38 bits per heavy atom. The molecule has 2 rings (SSSR count). The smallest absolute Gasteiger partial charge is 0.337 e. The first kappa shape index (κ1) is 15.8. The standard InChI is InChI=1S/C14H8BrCl2NO3/c15-8-2-3-9(14(20)21)12(6-8)18-13(19)7-1-4-10(16)11(17)5-7/h1-6H,(H,18,19)(H,20,21). The van der Waals surface area contributed by atoms with E-state index in [0.29, 0.717) is 9.50 Å². The Morgan fingerprint density at radius 2 is 1.76 bits per heavy atom. The van der Waals surface area contributed by atoms with Gasteiger partial charge in [0.15, 0.2) is 0 Å². The van der Waals surface area contributed by atoms with Crippen LogP contribution in [0.4, 0.5) is 5.69 Å². The molecule has 2 aromatic rings. The van der Waals surface area contributed by atoms with Crippen molar-refractivity contribution in [3.8, 4) is 0 Å². The van der Waals surface area contributed by atoms with Crippen molar-refractivity contribution in [3.63, 3.8) is 0 Å². The van der Waals surface area contributed by atoms with E-state index in [0.717, 1.165) is 0 Å². The Hall–Kier alpha value is -1.56. The average Bonchev–Trinajstić information content (AvgIpc) is 2.41. The number of nitrogens with one attached hydrogen (secondary N) is 1. The largest absolute Gasteiger partial charge is 0.478 e. The minimum absolute atomic E-state index is 0.00777.